The highest BCUT2D eigenvalue weighted by Gasteiger charge is 2.37. The maximum atomic E-state index is 2.50. The topological polar surface area (TPSA) is 4.93 Å². The molecule has 0 radical (unpaired) electrons. The van der Waals surface area contributed by atoms with Crippen molar-refractivity contribution in [3.05, 3.63) is 164 Å². The van der Waals surface area contributed by atoms with Gasteiger partial charge in [0.1, 0.15) is 8.07 Å². The largest absolute Gasteiger partial charge is 0.309 e. The molecule has 48 heavy (non-hydrogen) atoms. The quantitative estimate of drug-likeness (QED) is 0.172. The molecule has 0 unspecified atom stereocenters. The third-order valence-electron chi connectivity index (χ3n) is 10.8. The van der Waals surface area contributed by atoms with Gasteiger partial charge in [-0.1, -0.05) is 140 Å². The van der Waals surface area contributed by atoms with Gasteiger partial charge in [0.05, 0.1) is 11.0 Å². The molecule has 0 saturated heterocycles. The molecule has 2 heterocycles. The highest BCUT2D eigenvalue weighted by atomic mass is 28.3. The Hall–Kier alpha value is -5.70. The minimum Gasteiger partial charge on any atom is -0.309 e. The summed E-state index contributed by atoms with van der Waals surface area (Å²) in [7, 11) is -1.83. The minimum atomic E-state index is -1.83. The van der Waals surface area contributed by atoms with Crippen molar-refractivity contribution in [2.24, 2.45) is 0 Å². The molecule has 1 aliphatic heterocycles. The lowest BCUT2D eigenvalue weighted by Gasteiger charge is -2.20. The van der Waals surface area contributed by atoms with Gasteiger partial charge in [0.15, 0.2) is 0 Å². The molecule has 0 spiro atoms. The average Bonchev–Trinajstić information content (AvgIpc) is 3.58. The van der Waals surface area contributed by atoms with Crippen molar-refractivity contribution in [1.82, 2.24) is 4.57 Å². The first-order valence-electron chi connectivity index (χ1n) is 16.9. The lowest BCUT2D eigenvalue weighted by atomic mass is 9.95. The van der Waals surface area contributed by atoms with Crippen molar-refractivity contribution in [1.29, 1.82) is 0 Å². The Morgan fingerprint density at radius 3 is 1.50 bits per heavy atom. The lowest BCUT2D eigenvalue weighted by molar-refractivity contribution is 1.18. The summed E-state index contributed by atoms with van der Waals surface area (Å²) >= 11 is 0. The Morgan fingerprint density at radius 1 is 0.375 bits per heavy atom. The molecule has 1 nitrogen and oxygen atoms in total. The standard InChI is InChI=1S/C46H33NSi/c1-48(2)45-20-8-7-17-39(45)40-24-23-34(29-46(40)48)47-43-25-21-32(37-18-9-13-30-11-3-5-15-35(30)37)27-41(43)42-28-33(22-26-44(42)47)38-19-10-14-31-12-4-6-16-36(31)38/h3-29H,1-2H3. The molecule has 0 fully saturated rings. The van der Waals surface area contributed by atoms with Gasteiger partial charge in [0.2, 0.25) is 0 Å². The highest BCUT2D eigenvalue weighted by molar-refractivity contribution is 7.03. The number of hydrogen-bond donors (Lipinski definition) is 0. The third kappa shape index (κ3) is 3.90. The van der Waals surface area contributed by atoms with E-state index in [1.807, 2.05) is 0 Å². The second-order valence-electron chi connectivity index (χ2n) is 13.8. The van der Waals surface area contributed by atoms with Gasteiger partial charge < -0.3 is 4.57 Å². The molecule has 1 aliphatic rings. The van der Waals surface area contributed by atoms with Crippen LogP contribution in [0.1, 0.15) is 0 Å². The van der Waals surface area contributed by atoms with Gasteiger partial charge in [-0.15, -0.1) is 0 Å². The summed E-state index contributed by atoms with van der Waals surface area (Å²) in [6.45, 7) is 5.00. The van der Waals surface area contributed by atoms with Crippen molar-refractivity contribution in [3.63, 3.8) is 0 Å². The van der Waals surface area contributed by atoms with Gasteiger partial charge in [-0.3, -0.25) is 0 Å². The molecule has 0 amide bonds. The highest BCUT2D eigenvalue weighted by Crippen LogP contribution is 2.40. The summed E-state index contributed by atoms with van der Waals surface area (Å²) in [5.74, 6) is 0. The van der Waals surface area contributed by atoms with Crippen LogP contribution in [0.5, 0.6) is 0 Å². The molecule has 0 saturated carbocycles. The van der Waals surface area contributed by atoms with E-state index in [2.05, 4.69) is 181 Å². The number of nitrogens with zero attached hydrogens (tertiary/aromatic N) is 1. The van der Waals surface area contributed by atoms with E-state index < -0.39 is 8.07 Å². The number of benzene rings is 8. The maximum Gasteiger partial charge on any atom is 0.113 e. The van der Waals surface area contributed by atoms with E-state index >= 15 is 0 Å². The summed E-state index contributed by atoms with van der Waals surface area (Å²) in [6.07, 6.45) is 0. The SMILES string of the molecule is C[Si]1(C)c2ccccc2-c2ccc(-n3c4ccc(-c5cccc6ccccc56)cc4c4cc(-c5cccc6ccccc56)ccc43)cc21. The fraction of sp³-hybridized carbons (Fsp3) is 0.0435. The Bertz CT molecular complexity index is 2620. The molecule has 226 valence electrons. The fourth-order valence-corrected chi connectivity index (χ4v) is 11.5. The molecule has 0 aliphatic carbocycles. The third-order valence-corrected chi connectivity index (χ3v) is 14.3. The van der Waals surface area contributed by atoms with Crippen LogP contribution in [0.25, 0.3) is 82.4 Å². The predicted octanol–water partition coefficient (Wildman–Crippen LogP) is 11.2. The molecular formula is C46H33NSi. The molecule has 0 bridgehead atoms. The van der Waals surface area contributed by atoms with Crippen LogP contribution in [0.15, 0.2) is 164 Å². The monoisotopic (exact) mass is 627 g/mol. The molecule has 9 aromatic rings. The molecule has 0 atom stereocenters. The van der Waals surface area contributed by atoms with E-state index in [-0.39, 0.29) is 0 Å². The van der Waals surface area contributed by atoms with Crippen molar-refractivity contribution < 1.29 is 0 Å². The van der Waals surface area contributed by atoms with Crippen LogP contribution in [0.4, 0.5) is 0 Å². The molecule has 8 aromatic carbocycles. The summed E-state index contributed by atoms with van der Waals surface area (Å²) < 4.78 is 2.50. The number of aromatic nitrogens is 1. The Kier molecular flexibility index (Phi) is 5.79. The van der Waals surface area contributed by atoms with Crippen LogP contribution in [-0.4, -0.2) is 12.6 Å². The van der Waals surface area contributed by atoms with Gasteiger partial charge in [-0.2, -0.15) is 0 Å². The van der Waals surface area contributed by atoms with Crippen molar-refractivity contribution in [2.45, 2.75) is 13.1 Å². The summed E-state index contributed by atoms with van der Waals surface area (Å²) in [6, 6.07) is 61.1. The number of rotatable bonds is 3. The Labute approximate surface area is 281 Å². The Morgan fingerprint density at radius 2 is 0.875 bits per heavy atom. The average molecular weight is 628 g/mol. The Balaban J connectivity index is 1.25. The minimum absolute atomic E-state index is 1.23. The first kappa shape index (κ1) is 27.4. The van der Waals surface area contributed by atoms with Crippen LogP contribution in [0.3, 0.4) is 0 Å². The molecule has 10 rings (SSSR count). The zero-order valence-corrected chi connectivity index (χ0v) is 28.0. The first-order chi connectivity index (χ1) is 23.6. The van der Waals surface area contributed by atoms with Gasteiger partial charge in [0.25, 0.3) is 0 Å². The second kappa shape index (κ2) is 10.1. The van der Waals surface area contributed by atoms with Gasteiger partial charge in [-0.25, -0.2) is 0 Å². The van der Waals surface area contributed by atoms with E-state index in [0.717, 1.165) is 0 Å². The van der Waals surface area contributed by atoms with Crippen LogP contribution in [0.2, 0.25) is 13.1 Å². The van der Waals surface area contributed by atoms with E-state index in [9.17, 15) is 0 Å². The van der Waals surface area contributed by atoms with E-state index in [4.69, 9.17) is 0 Å². The van der Waals surface area contributed by atoms with Crippen molar-refractivity contribution in [2.75, 3.05) is 0 Å². The van der Waals surface area contributed by atoms with E-state index in [1.165, 1.54) is 87.6 Å². The first-order valence-corrected chi connectivity index (χ1v) is 19.9. The fourth-order valence-electron chi connectivity index (χ4n) is 8.42. The van der Waals surface area contributed by atoms with Crippen LogP contribution in [-0.2, 0) is 0 Å². The summed E-state index contributed by atoms with van der Waals surface area (Å²) in [5, 5.41) is 10.7. The summed E-state index contributed by atoms with van der Waals surface area (Å²) in [5.41, 5.74) is 11.5. The lowest BCUT2D eigenvalue weighted by Crippen LogP contribution is -2.49. The van der Waals surface area contributed by atoms with Gasteiger partial charge in [0, 0.05) is 16.5 Å². The maximum absolute atomic E-state index is 2.50. The zero-order chi connectivity index (χ0) is 32.0. The van der Waals surface area contributed by atoms with Gasteiger partial charge in [-0.05, 0) is 102 Å². The van der Waals surface area contributed by atoms with E-state index in [1.54, 1.807) is 5.19 Å². The summed E-state index contributed by atoms with van der Waals surface area (Å²) in [4.78, 5) is 0. The zero-order valence-electron chi connectivity index (χ0n) is 27.0. The smallest absolute Gasteiger partial charge is 0.113 e. The van der Waals surface area contributed by atoms with Gasteiger partial charge >= 0.3 is 0 Å². The van der Waals surface area contributed by atoms with Crippen LogP contribution < -0.4 is 10.4 Å². The van der Waals surface area contributed by atoms with Crippen LogP contribution in [0, 0.1) is 0 Å². The number of hydrogen-bond acceptors (Lipinski definition) is 0. The second-order valence-corrected chi connectivity index (χ2v) is 18.1. The molecule has 2 heteroatoms. The van der Waals surface area contributed by atoms with Crippen molar-refractivity contribution >= 4 is 61.8 Å². The molecule has 1 aromatic heterocycles. The molecular weight excluding hydrogens is 595 g/mol. The van der Waals surface area contributed by atoms with Crippen molar-refractivity contribution in [3.8, 4) is 39.1 Å². The predicted molar refractivity (Wildman–Crippen MR) is 209 cm³/mol. The molecule has 0 N–H and O–H groups in total. The number of fused-ring (bicyclic) bond motifs is 8. The van der Waals surface area contributed by atoms with Crippen LogP contribution >= 0.6 is 0 Å². The van der Waals surface area contributed by atoms with E-state index in [0.29, 0.717) is 0 Å². The normalized spacial score (nSPS) is 13.4.